The molecule has 1 aromatic heterocycles. The van der Waals surface area contributed by atoms with Crippen molar-refractivity contribution in [1.29, 1.82) is 0 Å². The Kier molecular flexibility index (Phi) is 4.70. The highest BCUT2D eigenvalue weighted by Crippen LogP contribution is 2.30. The minimum atomic E-state index is -0.453. The quantitative estimate of drug-likeness (QED) is 0.914. The Balaban J connectivity index is 1.53. The summed E-state index contributed by atoms with van der Waals surface area (Å²) < 4.78 is 0. The molecular weight excluding hydrogens is 298 g/mol. The van der Waals surface area contributed by atoms with E-state index in [1.165, 1.54) is 11.3 Å². The van der Waals surface area contributed by atoms with Crippen LogP contribution in [0.25, 0.3) is 0 Å². The van der Waals surface area contributed by atoms with E-state index in [9.17, 15) is 9.90 Å². The lowest BCUT2D eigenvalue weighted by atomic mass is 9.87. The van der Waals surface area contributed by atoms with E-state index in [0.29, 0.717) is 18.2 Å². The third-order valence-electron chi connectivity index (χ3n) is 4.06. The summed E-state index contributed by atoms with van der Waals surface area (Å²) >= 11 is 1.41. The molecule has 0 saturated carbocycles. The van der Waals surface area contributed by atoms with Crippen LogP contribution in [-0.4, -0.2) is 34.1 Å². The van der Waals surface area contributed by atoms with Gasteiger partial charge in [0.2, 0.25) is 0 Å². The maximum absolute atomic E-state index is 12.1. The first-order valence-electron chi connectivity index (χ1n) is 7.42. The first-order valence-corrected chi connectivity index (χ1v) is 8.30. The van der Waals surface area contributed by atoms with Crippen LogP contribution in [0.5, 0.6) is 0 Å². The van der Waals surface area contributed by atoms with Crippen molar-refractivity contribution in [3.63, 3.8) is 0 Å². The Morgan fingerprint density at radius 3 is 2.68 bits per heavy atom. The number of nitrogens with zero attached hydrogens (tertiary/aromatic N) is 2. The Hall–Kier alpha value is -1.92. The molecule has 3 rings (SSSR count). The predicted molar refractivity (Wildman–Crippen MR) is 86.8 cm³/mol. The molecule has 1 fully saturated rings. The summed E-state index contributed by atoms with van der Waals surface area (Å²) in [4.78, 5) is 18.0. The number of aliphatic hydroxyl groups is 1. The second kappa shape index (κ2) is 6.89. The second-order valence-corrected chi connectivity index (χ2v) is 6.34. The number of carbonyl (C=O) groups is 1. The van der Waals surface area contributed by atoms with Crippen molar-refractivity contribution in [3.05, 3.63) is 47.5 Å². The molecule has 1 aliphatic heterocycles. The molecule has 2 heterocycles. The predicted octanol–water partition coefficient (Wildman–Crippen LogP) is 3.12. The molecule has 1 saturated heterocycles. The number of benzene rings is 1. The van der Waals surface area contributed by atoms with Crippen molar-refractivity contribution in [2.24, 2.45) is 5.92 Å². The maximum Gasteiger partial charge on any atom is 0.323 e. The first kappa shape index (κ1) is 15.0. The molecule has 5 nitrogen and oxygen atoms in total. The number of thiazole rings is 1. The lowest BCUT2D eigenvalue weighted by molar-refractivity contribution is 0.0683. The van der Waals surface area contributed by atoms with E-state index in [-0.39, 0.29) is 11.9 Å². The van der Waals surface area contributed by atoms with E-state index in [4.69, 9.17) is 0 Å². The van der Waals surface area contributed by atoms with Gasteiger partial charge in [0.25, 0.3) is 0 Å². The van der Waals surface area contributed by atoms with Crippen LogP contribution in [-0.2, 0) is 0 Å². The van der Waals surface area contributed by atoms with Gasteiger partial charge >= 0.3 is 6.03 Å². The number of nitrogens with one attached hydrogen (secondary N) is 1. The largest absolute Gasteiger partial charge is 0.388 e. The second-order valence-electron chi connectivity index (χ2n) is 5.45. The summed E-state index contributed by atoms with van der Waals surface area (Å²) in [5.74, 6) is 0.200. The fourth-order valence-corrected chi connectivity index (χ4v) is 3.31. The highest BCUT2D eigenvalue weighted by molar-refractivity contribution is 7.13. The van der Waals surface area contributed by atoms with Crippen LogP contribution in [0.4, 0.5) is 9.93 Å². The van der Waals surface area contributed by atoms with Gasteiger partial charge in [0.1, 0.15) is 0 Å². The van der Waals surface area contributed by atoms with Crippen molar-refractivity contribution in [3.8, 4) is 0 Å². The molecule has 1 aliphatic rings. The van der Waals surface area contributed by atoms with Crippen molar-refractivity contribution in [2.45, 2.75) is 18.9 Å². The van der Waals surface area contributed by atoms with Crippen LogP contribution < -0.4 is 5.32 Å². The minimum Gasteiger partial charge on any atom is -0.388 e. The number of aromatic nitrogens is 1. The zero-order valence-corrected chi connectivity index (χ0v) is 13.0. The molecular formula is C16H19N3O2S. The van der Waals surface area contributed by atoms with Crippen molar-refractivity contribution in [1.82, 2.24) is 9.88 Å². The summed E-state index contributed by atoms with van der Waals surface area (Å²) in [5, 5.41) is 15.7. The van der Waals surface area contributed by atoms with Crippen LogP contribution in [0.15, 0.2) is 41.9 Å². The van der Waals surface area contributed by atoms with E-state index in [2.05, 4.69) is 10.3 Å². The molecule has 0 radical (unpaired) electrons. The van der Waals surface area contributed by atoms with Crippen molar-refractivity contribution >= 4 is 22.5 Å². The van der Waals surface area contributed by atoms with Crippen molar-refractivity contribution in [2.75, 3.05) is 18.4 Å². The van der Waals surface area contributed by atoms with Gasteiger partial charge < -0.3 is 10.0 Å². The fraction of sp³-hybridized carbons (Fsp3) is 0.375. The molecule has 6 heteroatoms. The molecule has 1 unspecified atom stereocenters. The Labute approximate surface area is 133 Å². The van der Waals surface area contributed by atoms with E-state index >= 15 is 0 Å². The average molecular weight is 317 g/mol. The zero-order chi connectivity index (χ0) is 15.4. The van der Waals surface area contributed by atoms with Crippen molar-refractivity contribution < 1.29 is 9.90 Å². The molecule has 2 aromatic rings. The summed E-state index contributed by atoms with van der Waals surface area (Å²) in [6.07, 6.45) is 2.83. The van der Waals surface area contributed by atoms with Gasteiger partial charge in [-0.15, -0.1) is 11.3 Å². The number of piperidine rings is 1. The molecule has 22 heavy (non-hydrogen) atoms. The van der Waals surface area contributed by atoms with Crippen LogP contribution in [0.2, 0.25) is 0 Å². The van der Waals surface area contributed by atoms with Crippen LogP contribution in [0, 0.1) is 5.92 Å². The first-order chi connectivity index (χ1) is 10.7. The number of carbonyl (C=O) groups excluding carboxylic acids is 1. The van der Waals surface area contributed by atoms with Gasteiger partial charge in [-0.05, 0) is 24.3 Å². The van der Waals surface area contributed by atoms with Gasteiger partial charge in [-0.3, -0.25) is 5.32 Å². The molecule has 2 N–H and O–H groups in total. The average Bonchev–Trinajstić information content (AvgIpc) is 3.08. The summed E-state index contributed by atoms with van der Waals surface area (Å²) in [6, 6.07) is 9.62. The smallest absolute Gasteiger partial charge is 0.323 e. The highest BCUT2D eigenvalue weighted by Gasteiger charge is 2.28. The van der Waals surface area contributed by atoms with Crippen LogP contribution >= 0.6 is 11.3 Å². The molecule has 1 aromatic carbocycles. The Morgan fingerprint density at radius 2 is 2.05 bits per heavy atom. The van der Waals surface area contributed by atoms with Gasteiger partial charge in [-0.2, -0.15) is 0 Å². The number of urea groups is 1. The summed E-state index contributed by atoms with van der Waals surface area (Å²) in [6.45, 7) is 1.32. The van der Waals surface area contributed by atoms with Gasteiger partial charge in [-0.1, -0.05) is 30.3 Å². The molecule has 0 aliphatic carbocycles. The third-order valence-corrected chi connectivity index (χ3v) is 4.75. The number of rotatable bonds is 3. The molecule has 0 spiro atoms. The van der Waals surface area contributed by atoms with Gasteiger partial charge in [0, 0.05) is 24.7 Å². The topological polar surface area (TPSA) is 65.5 Å². The van der Waals surface area contributed by atoms with Crippen LogP contribution in [0.1, 0.15) is 24.5 Å². The lowest BCUT2D eigenvalue weighted by Gasteiger charge is -2.34. The molecule has 1 atom stereocenters. The number of amides is 2. The summed E-state index contributed by atoms with van der Waals surface area (Å²) in [7, 11) is 0. The standard InChI is InChI=1S/C16H19N3O2S/c20-14(12-4-2-1-3-5-12)13-6-9-19(10-7-13)16(21)18-15-17-8-11-22-15/h1-5,8,11,13-14,20H,6-7,9-10H2,(H,17,18,21). The van der Waals surface area contributed by atoms with Crippen LogP contribution in [0.3, 0.4) is 0 Å². The summed E-state index contributed by atoms with van der Waals surface area (Å²) in [5.41, 5.74) is 0.952. The fourth-order valence-electron chi connectivity index (χ4n) is 2.80. The minimum absolute atomic E-state index is 0.109. The number of hydrogen-bond donors (Lipinski definition) is 2. The maximum atomic E-state index is 12.1. The Bertz CT molecular complexity index is 595. The van der Waals surface area contributed by atoms with E-state index in [1.807, 2.05) is 35.7 Å². The monoisotopic (exact) mass is 317 g/mol. The van der Waals surface area contributed by atoms with E-state index in [1.54, 1.807) is 11.1 Å². The number of anilines is 1. The van der Waals surface area contributed by atoms with Gasteiger partial charge in [-0.25, -0.2) is 9.78 Å². The normalized spacial score (nSPS) is 17.2. The van der Waals surface area contributed by atoms with Gasteiger partial charge in [0.05, 0.1) is 6.10 Å². The number of likely N-dealkylation sites (tertiary alicyclic amines) is 1. The third kappa shape index (κ3) is 3.45. The SMILES string of the molecule is O=C(Nc1nccs1)N1CCC(C(O)c2ccccc2)CC1. The van der Waals surface area contributed by atoms with Gasteiger partial charge in [0.15, 0.2) is 5.13 Å². The van der Waals surface area contributed by atoms with E-state index < -0.39 is 6.10 Å². The number of aliphatic hydroxyl groups excluding tert-OH is 1. The zero-order valence-electron chi connectivity index (χ0n) is 12.2. The molecule has 116 valence electrons. The Morgan fingerprint density at radius 1 is 1.32 bits per heavy atom. The molecule has 0 bridgehead atoms. The van der Waals surface area contributed by atoms with E-state index in [0.717, 1.165) is 18.4 Å². The molecule has 2 amide bonds. The lowest BCUT2D eigenvalue weighted by Crippen LogP contribution is -2.42. The highest BCUT2D eigenvalue weighted by atomic mass is 32.1. The number of hydrogen-bond acceptors (Lipinski definition) is 4.